The first kappa shape index (κ1) is 18.8. The Balaban J connectivity index is 2.04. The first-order valence-electron chi connectivity index (χ1n) is 8.44. The lowest BCUT2D eigenvalue weighted by Gasteiger charge is -2.13. The molecular formula is C21H20N2O3S. The molecule has 0 unspecified atom stereocenters. The number of anilines is 1. The fraction of sp³-hybridized carbons (Fsp3) is 0.143. The maximum absolute atomic E-state index is 13.0. The molecule has 0 fully saturated rings. The van der Waals surface area contributed by atoms with Gasteiger partial charge in [-0.15, -0.1) is 0 Å². The zero-order valence-electron chi connectivity index (χ0n) is 15.4. The van der Waals surface area contributed by atoms with E-state index in [0.717, 1.165) is 16.7 Å². The third-order valence-electron chi connectivity index (χ3n) is 4.20. The number of ketones is 1. The number of hydrogen-bond donors (Lipinski definition) is 1. The van der Waals surface area contributed by atoms with Crippen LogP contribution in [0, 0.1) is 20.8 Å². The van der Waals surface area contributed by atoms with Gasteiger partial charge in [0.2, 0.25) is 5.78 Å². The van der Waals surface area contributed by atoms with Crippen LogP contribution in [0.4, 0.5) is 5.69 Å². The first-order valence-corrected chi connectivity index (χ1v) is 9.93. The Bertz CT molecular complexity index is 1100. The predicted octanol–water partition coefficient (Wildman–Crippen LogP) is 4.04. The van der Waals surface area contributed by atoms with E-state index in [0.29, 0.717) is 5.56 Å². The smallest absolute Gasteiger partial charge is 0.261 e. The van der Waals surface area contributed by atoms with Crippen molar-refractivity contribution in [3.05, 3.63) is 88.7 Å². The first-order chi connectivity index (χ1) is 12.8. The molecule has 5 nitrogen and oxygen atoms in total. The number of carbonyl (C=O) groups excluding carboxylic acids is 1. The van der Waals surface area contributed by atoms with E-state index in [1.165, 1.54) is 12.1 Å². The minimum absolute atomic E-state index is 0.0746. The third kappa shape index (κ3) is 4.06. The van der Waals surface area contributed by atoms with Crippen LogP contribution in [0.25, 0.3) is 0 Å². The van der Waals surface area contributed by atoms with E-state index in [1.807, 2.05) is 26.0 Å². The monoisotopic (exact) mass is 380 g/mol. The number of aryl methyl sites for hydroxylation is 3. The highest BCUT2D eigenvalue weighted by Crippen LogP contribution is 2.23. The summed E-state index contributed by atoms with van der Waals surface area (Å²) in [7, 11) is -3.84. The zero-order valence-corrected chi connectivity index (χ0v) is 16.2. The van der Waals surface area contributed by atoms with Crippen LogP contribution in [0.3, 0.4) is 0 Å². The van der Waals surface area contributed by atoms with Gasteiger partial charge in [-0.3, -0.25) is 14.5 Å². The topological polar surface area (TPSA) is 76.1 Å². The fourth-order valence-corrected chi connectivity index (χ4v) is 3.76. The molecule has 0 atom stereocenters. The van der Waals surface area contributed by atoms with Gasteiger partial charge in [0.15, 0.2) is 0 Å². The molecule has 27 heavy (non-hydrogen) atoms. The molecule has 0 spiro atoms. The van der Waals surface area contributed by atoms with Crippen molar-refractivity contribution in [1.82, 2.24) is 4.98 Å². The lowest BCUT2D eigenvalue weighted by Crippen LogP contribution is -2.17. The quantitative estimate of drug-likeness (QED) is 0.678. The average molecular weight is 380 g/mol. The summed E-state index contributed by atoms with van der Waals surface area (Å²) in [5.74, 6) is -0.324. The highest BCUT2D eigenvalue weighted by molar-refractivity contribution is 7.92. The second-order valence-electron chi connectivity index (χ2n) is 6.47. The molecule has 1 heterocycles. The van der Waals surface area contributed by atoms with Gasteiger partial charge in [0, 0.05) is 11.8 Å². The standard InChI is InChI=1S/C21H20N2O3S/c1-14-8-10-17(11-9-14)27(25,26)23-19-12-15(2)13-22-20(19)21(24)18-7-5-4-6-16(18)3/h4-13,23H,1-3H3. The van der Waals surface area contributed by atoms with Crippen LogP contribution in [0.1, 0.15) is 32.7 Å². The van der Waals surface area contributed by atoms with Crippen molar-refractivity contribution in [3.8, 4) is 0 Å². The Labute approximate surface area is 159 Å². The number of carbonyl (C=O) groups is 1. The largest absolute Gasteiger partial charge is 0.287 e. The van der Waals surface area contributed by atoms with Crippen molar-refractivity contribution < 1.29 is 13.2 Å². The van der Waals surface area contributed by atoms with E-state index in [-0.39, 0.29) is 22.1 Å². The number of sulfonamides is 1. The van der Waals surface area contributed by atoms with Gasteiger partial charge in [0.05, 0.1) is 10.6 Å². The highest BCUT2D eigenvalue weighted by Gasteiger charge is 2.22. The van der Waals surface area contributed by atoms with Crippen LogP contribution in [0.2, 0.25) is 0 Å². The summed E-state index contributed by atoms with van der Waals surface area (Å²) in [6, 6.07) is 15.3. The van der Waals surface area contributed by atoms with Gasteiger partial charge in [-0.25, -0.2) is 8.42 Å². The lowest BCUT2D eigenvalue weighted by atomic mass is 10.0. The number of rotatable bonds is 5. The summed E-state index contributed by atoms with van der Waals surface area (Å²) < 4.78 is 28.0. The van der Waals surface area contributed by atoms with Crippen molar-refractivity contribution in [2.75, 3.05) is 4.72 Å². The van der Waals surface area contributed by atoms with Crippen LogP contribution in [-0.4, -0.2) is 19.2 Å². The maximum atomic E-state index is 13.0. The number of aromatic nitrogens is 1. The molecule has 1 N–H and O–H groups in total. The molecule has 3 aromatic rings. The summed E-state index contributed by atoms with van der Waals surface area (Å²) in [5, 5.41) is 0. The molecule has 6 heteroatoms. The highest BCUT2D eigenvalue weighted by atomic mass is 32.2. The second kappa shape index (κ2) is 7.32. The van der Waals surface area contributed by atoms with Gasteiger partial charge in [0.1, 0.15) is 5.69 Å². The molecule has 0 aliphatic rings. The van der Waals surface area contributed by atoms with Gasteiger partial charge < -0.3 is 0 Å². The minimum atomic E-state index is -3.84. The lowest BCUT2D eigenvalue weighted by molar-refractivity contribution is 0.103. The van der Waals surface area contributed by atoms with Crippen molar-refractivity contribution >= 4 is 21.5 Å². The molecule has 0 bridgehead atoms. The molecule has 0 saturated heterocycles. The molecule has 0 amide bonds. The van der Waals surface area contributed by atoms with E-state index in [1.54, 1.807) is 43.5 Å². The number of hydrogen-bond acceptors (Lipinski definition) is 4. The van der Waals surface area contributed by atoms with Crippen LogP contribution in [-0.2, 0) is 10.0 Å². The number of nitrogens with zero attached hydrogens (tertiary/aromatic N) is 1. The molecule has 0 saturated carbocycles. The van der Waals surface area contributed by atoms with Gasteiger partial charge in [-0.1, -0.05) is 42.0 Å². The predicted molar refractivity (Wildman–Crippen MR) is 106 cm³/mol. The molecule has 0 aliphatic heterocycles. The van der Waals surface area contributed by atoms with Crippen LogP contribution in [0.5, 0.6) is 0 Å². The van der Waals surface area contributed by atoms with Gasteiger partial charge in [0.25, 0.3) is 10.0 Å². The van der Waals surface area contributed by atoms with E-state index >= 15 is 0 Å². The van der Waals surface area contributed by atoms with Gasteiger partial charge in [-0.2, -0.15) is 0 Å². The van der Waals surface area contributed by atoms with E-state index in [4.69, 9.17) is 0 Å². The Morgan fingerprint density at radius 2 is 1.59 bits per heavy atom. The molecule has 3 rings (SSSR count). The van der Waals surface area contributed by atoms with Crippen molar-refractivity contribution in [3.63, 3.8) is 0 Å². The Hall–Kier alpha value is -2.99. The second-order valence-corrected chi connectivity index (χ2v) is 8.15. The van der Waals surface area contributed by atoms with E-state index in [9.17, 15) is 13.2 Å². The van der Waals surface area contributed by atoms with Gasteiger partial charge in [-0.05, 0) is 50.1 Å². The Morgan fingerprint density at radius 1 is 0.926 bits per heavy atom. The molecular weight excluding hydrogens is 360 g/mol. The minimum Gasteiger partial charge on any atom is -0.287 e. The van der Waals surface area contributed by atoms with Crippen molar-refractivity contribution in [2.24, 2.45) is 0 Å². The summed E-state index contributed by atoms with van der Waals surface area (Å²) in [5.41, 5.74) is 3.25. The summed E-state index contributed by atoms with van der Waals surface area (Å²) >= 11 is 0. The van der Waals surface area contributed by atoms with E-state index < -0.39 is 10.0 Å². The summed E-state index contributed by atoms with van der Waals surface area (Å²) in [4.78, 5) is 17.3. The molecule has 138 valence electrons. The SMILES string of the molecule is Cc1ccc(S(=O)(=O)Nc2cc(C)cnc2C(=O)c2ccccc2C)cc1. The number of nitrogens with one attached hydrogen (secondary N) is 1. The Morgan fingerprint density at radius 3 is 2.26 bits per heavy atom. The fourth-order valence-electron chi connectivity index (χ4n) is 2.70. The molecule has 2 aromatic carbocycles. The number of benzene rings is 2. The summed E-state index contributed by atoms with van der Waals surface area (Å²) in [6.45, 7) is 5.50. The molecule has 0 radical (unpaired) electrons. The molecule has 0 aliphatic carbocycles. The van der Waals surface area contributed by atoms with Crippen LogP contribution >= 0.6 is 0 Å². The van der Waals surface area contributed by atoms with Gasteiger partial charge >= 0.3 is 0 Å². The average Bonchev–Trinajstić information content (AvgIpc) is 2.62. The molecule has 1 aromatic heterocycles. The van der Waals surface area contributed by atoms with E-state index in [2.05, 4.69) is 9.71 Å². The third-order valence-corrected chi connectivity index (χ3v) is 5.59. The summed E-state index contributed by atoms with van der Waals surface area (Å²) in [6.07, 6.45) is 1.55. The van der Waals surface area contributed by atoms with Crippen molar-refractivity contribution in [2.45, 2.75) is 25.7 Å². The van der Waals surface area contributed by atoms with Crippen LogP contribution in [0.15, 0.2) is 65.7 Å². The van der Waals surface area contributed by atoms with Crippen molar-refractivity contribution in [1.29, 1.82) is 0 Å². The normalized spacial score (nSPS) is 11.2. The van der Waals surface area contributed by atoms with Crippen LogP contribution < -0.4 is 4.72 Å². The Kier molecular flexibility index (Phi) is 5.10. The maximum Gasteiger partial charge on any atom is 0.261 e. The zero-order chi connectivity index (χ0) is 19.6. The number of pyridine rings is 1.